The summed E-state index contributed by atoms with van der Waals surface area (Å²) in [7, 11) is -3.72. The van der Waals surface area contributed by atoms with Gasteiger partial charge >= 0.3 is 0 Å². The second-order valence-electron chi connectivity index (χ2n) is 7.30. The third-order valence-electron chi connectivity index (χ3n) is 5.15. The average Bonchev–Trinajstić information content (AvgIpc) is 3.04. The monoisotopic (exact) mass is 410 g/mol. The molecule has 0 bridgehead atoms. The molecule has 1 aromatic carbocycles. The Kier molecular flexibility index (Phi) is 4.31. The number of alkyl halides is 2. The van der Waals surface area contributed by atoms with Crippen LogP contribution in [0, 0.1) is 6.92 Å². The molecular formula is C18H20F2N4O3S. The number of aromatic nitrogens is 2. The standard InChI is InChI=1S/C18H20F2N4O3S/c1-12-3-5-14(6-4-12)28(26,27)24-8-7-22-9-15(21-16(22)13(24)2)17(25)23-10-18(19,20)11-23/h3-6,9,13H,7-8,10-11H2,1-2H3/t13-/m0/s1. The van der Waals surface area contributed by atoms with Gasteiger partial charge in [-0.25, -0.2) is 22.2 Å². The summed E-state index contributed by atoms with van der Waals surface area (Å²) in [4.78, 5) is 17.9. The Morgan fingerprint density at radius 2 is 1.82 bits per heavy atom. The van der Waals surface area contributed by atoms with Gasteiger partial charge in [0, 0.05) is 19.3 Å². The van der Waals surface area contributed by atoms with Crippen molar-refractivity contribution >= 4 is 15.9 Å². The number of carbonyl (C=O) groups is 1. The van der Waals surface area contributed by atoms with Crippen molar-refractivity contribution in [3.63, 3.8) is 0 Å². The van der Waals surface area contributed by atoms with E-state index in [0.717, 1.165) is 10.5 Å². The number of nitrogens with zero attached hydrogens (tertiary/aromatic N) is 4. The molecule has 0 unspecified atom stereocenters. The van der Waals surface area contributed by atoms with Crippen LogP contribution >= 0.6 is 0 Å². The van der Waals surface area contributed by atoms with Gasteiger partial charge < -0.3 is 9.47 Å². The van der Waals surface area contributed by atoms with E-state index in [9.17, 15) is 22.0 Å². The number of sulfonamides is 1. The zero-order valence-electron chi connectivity index (χ0n) is 15.5. The van der Waals surface area contributed by atoms with Crippen molar-refractivity contribution in [2.24, 2.45) is 0 Å². The van der Waals surface area contributed by atoms with Gasteiger partial charge in [-0.2, -0.15) is 4.31 Å². The maximum atomic E-state index is 13.0. The molecular weight excluding hydrogens is 390 g/mol. The number of imidazole rings is 1. The summed E-state index contributed by atoms with van der Waals surface area (Å²) in [6.07, 6.45) is 1.51. The highest BCUT2D eigenvalue weighted by atomic mass is 32.2. The number of aryl methyl sites for hydroxylation is 1. The van der Waals surface area contributed by atoms with Gasteiger partial charge in [0.15, 0.2) is 0 Å². The molecule has 0 saturated carbocycles. The number of benzene rings is 1. The van der Waals surface area contributed by atoms with Crippen LogP contribution in [0.4, 0.5) is 8.78 Å². The first-order valence-electron chi connectivity index (χ1n) is 8.91. The number of fused-ring (bicyclic) bond motifs is 1. The fourth-order valence-electron chi connectivity index (χ4n) is 3.57. The zero-order chi connectivity index (χ0) is 20.3. The second kappa shape index (κ2) is 6.35. The van der Waals surface area contributed by atoms with Crippen molar-refractivity contribution in [1.82, 2.24) is 18.8 Å². The van der Waals surface area contributed by atoms with E-state index in [1.54, 1.807) is 35.8 Å². The van der Waals surface area contributed by atoms with E-state index in [2.05, 4.69) is 4.98 Å². The molecule has 0 spiro atoms. The van der Waals surface area contributed by atoms with Crippen molar-refractivity contribution in [1.29, 1.82) is 0 Å². The topological polar surface area (TPSA) is 75.5 Å². The Morgan fingerprint density at radius 1 is 1.18 bits per heavy atom. The number of rotatable bonds is 3. The summed E-state index contributed by atoms with van der Waals surface area (Å²) < 4.78 is 55.2. The molecule has 7 nitrogen and oxygen atoms in total. The van der Waals surface area contributed by atoms with Crippen molar-refractivity contribution in [2.75, 3.05) is 19.6 Å². The summed E-state index contributed by atoms with van der Waals surface area (Å²) in [6.45, 7) is 2.92. The van der Waals surface area contributed by atoms with E-state index in [-0.39, 0.29) is 17.1 Å². The van der Waals surface area contributed by atoms with Gasteiger partial charge in [0.25, 0.3) is 11.8 Å². The third kappa shape index (κ3) is 3.10. The first-order valence-corrected chi connectivity index (χ1v) is 10.4. The third-order valence-corrected chi connectivity index (χ3v) is 7.14. The molecule has 1 aromatic heterocycles. The molecule has 28 heavy (non-hydrogen) atoms. The van der Waals surface area contributed by atoms with Crippen LogP contribution in [-0.2, 0) is 16.6 Å². The fraction of sp³-hybridized carbons (Fsp3) is 0.444. The number of hydrogen-bond donors (Lipinski definition) is 0. The zero-order valence-corrected chi connectivity index (χ0v) is 16.3. The van der Waals surface area contributed by atoms with Gasteiger partial charge in [-0.1, -0.05) is 17.7 Å². The molecule has 0 radical (unpaired) electrons. The minimum Gasteiger partial charge on any atom is -0.331 e. The van der Waals surface area contributed by atoms with Gasteiger partial charge in [0.05, 0.1) is 24.0 Å². The Balaban J connectivity index is 1.59. The van der Waals surface area contributed by atoms with E-state index < -0.39 is 41.0 Å². The Morgan fingerprint density at radius 3 is 2.43 bits per heavy atom. The molecule has 0 N–H and O–H groups in total. The van der Waals surface area contributed by atoms with Crippen molar-refractivity contribution < 1.29 is 22.0 Å². The molecule has 150 valence electrons. The van der Waals surface area contributed by atoms with E-state index in [1.165, 1.54) is 10.5 Å². The van der Waals surface area contributed by atoms with Crippen molar-refractivity contribution in [2.45, 2.75) is 37.3 Å². The molecule has 2 aliphatic rings. The van der Waals surface area contributed by atoms with Crippen LogP contribution in [0.5, 0.6) is 0 Å². The second-order valence-corrected chi connectivity index (χ2v) is 9.19. The van der Waals surface area contributed by atoms with Crippen LogP contribution in [0.15, 0.2) is 35.4 Å². The summed E-state index contributed by atoms with van der Waals surface area (Å²) in [5, 5.41) is 0. The number of carbonyl (C=O) groups excluding carboxylic acids is 1. The number of amides is 1. The highest BCUT2D eigenvalue weighted by Gasteiger charge is 2.47. The van der Waals surface area contributed by atoms with Crippen LogP contribution in [0.2, 0.25) is 0 Å². The van der Waals surface area contributed by atoms with E-state index in [0.29, 0.717) is 12.4 Å². The first-order chi connectivity index (χ1) is 13.1. The lowest BCUT2D eigenvalue weighted by molar-refractivity contribution is -0.113. The molecule has 1 fully saturated rings. The van der Waals surface area contributed by atoms with Gasteiger partial charge in [-0.05, 0) is 26.0 Å². The Hall–Kier alpha value is -2.33. The summed E-state index contributed by atoms with van der Waals surface area (Å²) in [5.74, 6) is -2.98. The molecule has 1 atom stereocenters. The van der Waals surface area contributed by atoms with Crippen LogP contribution in [0.3, 0.4) is 0 Å². The number of hydrogen-bond acceptors (Lipinski definition) is 4. The Bertz CT molecular complexity index is 1030. The van der Waals surface area contributed by atoms with Gasteiger partial charge in [-0.15, -0.1) is 0 Å². The SMILES string of the molecule is Cc1ccc(S(=O)(=O)N2CCn3cc(C(=O)N4CC(F)(F)C4)nc3[C@@H]2C)cc1. The largest absolute Gasteiger partial charge is 0.331 e. The van der Waals surface area contributed by atoms with E-state index >= 15 is 0 Å². The molecule has 1 amide bonds. The van der Waals surface area contributed by atoms with E-state index in [1.807, 2.05) is 6.92 Å². The molecule has 3 heterocycles. The maximum absolute atomic E-state index is 13.0. The minimum atomic E-state index is -3.72. The molecule has 10 heteroatoms. The predicted octanol–water partition coefficient (Wildman–Crippen LogP) is 2.05. The van der Waals surface area contributed by atoms with Crippen molar-refractivity contribution in [3.8, 4) is 0 Å². The highest BCUT2D eigenvalue weighted by molar-refractivity contribution is 7.89. The predicted molar refractivity (Wildman–Crippen MR) is 96.6 cm³/mol. The summed E-state index contributed by atoms with van der Waals surface area (Å²) in [6, 6.07) is 6.03. The molecule has 1 saturated heterocycles. The van der Waals surface area contributed by atoms with Gasteiger partial charge in [-0.3, -0.25) is 4.79 Å². The first kappa shape index (κ1) is 19.0. The van der Waals surface area contributed by atoms with Crippen LogP contribution in [0.1, 0.15) is 34.8 Å². The fourth-order valence-corrected chi connectivity index (χ4v) is 5.15. The van der Waals surface area contributed by atoms with Crippen LogP contribution in [0.25, 0.3) is 0 Å². The quantitative estimate of drug-likeness (QED) is 0.776. The number of halogens is 2. The van der Waals surface area contributed by atoms with Crippen LogP contribution < -0.4 is 0 Å². The smallest absolute Gasteiger partial charge is 0.282 e. The lowest BCUT2D eigenvalue weighted by Crippen LogP contribution is -2.58. The average molecular weight is 410 g/mol. The maximum Gasteiger partial charge on any atom is 0.282 e. The van der Waals surface area contributed by atoms with Gasteiger partial charge in [0.2, 0.25) is 10.0 Å². The lowest BCUT2D eigenvalue weighted by atomic mass is 10.1. The lowest BCUT2D eigenvalue weighted by Gasteiger charge is -2.38. The molecule has 4 rings (SSSR count). The van der Waals surface area contributed by atoms with Crippen molar-refractivity contribution in [3.05, 3.63) is 47.5 Å². The van der Waals surface area contributed by atoms with Crippen LogP contribution in [-0.4, -0.2) is 58.6 Å². The summed E-state index contributed by atoms with van der Waals surface area (Å²) in [5.41, 5.74) is 1.02. The minimum absolute atomic E-state index is 0.0620. The highest BCUT2D eigenvalue weighted by Crippen LogP contribution is 2.32. The molecule has 2 aromatic rings. The Labute approximate surface area is 161 Å². The van der Waals surface area contributed by atoms with Gasteiger partial charge in [0.1, 0.15) is 11.5 Å². The normalized spacial score (nSPS) is 21.9. The van der Waals surface area contributed by atoms with E-state index in [4.69, 9.17) is 0 Å². The molecule has 0 aliphatic carbocycles. The summed E-state index contributed by atoms with van der Waals surface area (Å²) >= 11 is 0. The molecule has 2 aliphatic heterocycles. The number of likely N-dealkylation sites (tertiary alicyclic amines) is 1.